The van der Waals surface area contributed by atoms with Crippen LogP contribution in [0, 0.1) is 0 Å². The van der Waals surface area contributed by atoms with Gasteiger partial charge in [0.2, 0.25) is 5.91 Å². The van der Waals surface area contributed by atoms with E-state index in [1.165, 1.54) is 0 Å². The van der Waals surface area contributed by atoms with Crippen molar-refractivity contribution in [1.29, 1.82) is 0 Å². The molecule has 0 bridgehead atoms. The molecular weight excluding hydrogens is 354 g/mol. The molecule has 0 aromatic heterocycles. The van der Waals surface area contributed by atoms with Gasteiger partial charge in [0.25, 0.3) is 0 Å². The lowest BCUT2D eigenvalue weighted by Crippen LogP contribution is -2.34. The molecule has 6 heteroatoms. The van der Waals surface area contributed by atoms with Gasteiger partial charge < -0.3 is 19.5 Å². The smallest absolute Gasteiger partial charge is 0.230 e. The van der Waals surface area contributed by atoms with Gasteiger partial charge in [0.15, 0.2) is 0 Å². The summed E-state index contributed by atoms with van der Waals surface area (Å²) in [5.41, 5.74) is 1.24. The van der Waals surface area contributed by atoms with Gasteiger partial charge in [0.05, 0.1) is 38.9 Å². The van der Waals surface area contributed by atoms with E-state index < -0.39 is 5.41 Å². The first-order valence-electron chi connectivity index (χ1n) is 8.37. The average molecular weight is 376 g/mol. The number of ether oxygens (including phenoxy) is 3. The zero-order valence-corrected chi connectivity index (χ0v) is 15.9. The zero-order chi connectivity index (χ0) is 18.7. The Kier molecular flexibility index (Phi) is 5.28. The Morgan fingerprint density at radius 3 is 2.23 bits per heavy atom. The van der Waals surface area contributed by atoms with Crippen LogP contribution in [0.3, 0.4) is 0 Å². The molecule has 1 aliphatic rings. The van der Waals surface area contributed by atoms with E-state index in [4.69, 9.17) is 25.8 Å². The van der Waals surface area contributed by atoms with E-state index in [0.29, 0.717) is 28.8 Å². The molecule has 2 aromatic carbocycles. The van der Waals surface area contributed by atoms with E-state index in [1.54, 1.807) is 33.5 Å². The first-order chi connectivity index (χ1) is 12.5. The fraction of sp³-hybridized carbons (Fsp3) is 0.350. The van der Waals surface area contributed by atoms with Gasteiger partial charge in [-0.15, -0.1) is 0 Å². The molecule has 1 amide bonds. The summed E-state index contributed by atoms with van der Waals surface area (Å²) in [5.74, 6) is 1.83. The van der Waals surface area contributed by atoms with Crippen molar-refractivity contribution in [2.75, 3.05) is 21.3 Å². The van der Waals surface area contributed by atoms with Crippen LogP contribution < -0.4 is 19.5 Å². The van der Waals surface area contributed by atoms with E-state index in [0.717, 1.165) is 24.0 Å². The Balaban J connectivity index is 1.80. The Hall–Kier alpha value is -2.40. The summed E-state index contributed by atoms with van der Waals surface area (Å²) < 4.78 is 16.1. The highest BCUT2D eigenvalue weighted by Gasteiger charge is 2.51. The van der Waals surface area contributed by atoms with Crippen LogP contribution in [-0.4, -0.2) is 27.2 Å². The topological polar surface area (TPSA) is 56.8 Å². The lowest BCUT2D eigenvalue weighted by Gasteiger charge is -2.19. The van der Waals surface area contributed by atoms with Crippen molar-refractivity contribution in [2.24, 2.45) is 0 Å². The number of rotatable bonds is 7. The van der Waals surface area contributed by atoms with E-state index in [1.807, 2.05) is 24.3 Å². The quantitative estimate of drug-likeness (QED) is 0.801. The molecule has 5 nitrogen and oxygen atoms in total. The molecule has 26 heavy (non-hydrogen) atoms. The second-order valence-corrected chi connectivity index (χ2v) is 6.72. The summed E-state index contributed by atoms with van der Waals surface area (Å²) >= 11 is 6.09. The third-order valence-electron chi connectivity index (χ3n) is 4.80. The molecule has 0 spiro atoms. The monoisotopic (exact) mass is 375 g/mol. The van der Waals surface area contributed by atoms with E-state index in [-0.39, 0.29) is 5.91 Å². The second kappa shape index (κ2) is 7.46. The predicted molar refractivity (Wildman–Crippen MR) is 100 cm³/mol. The summed E-state index contributed by atoms with van der Waals surface area (Å²) in [5, 5.41) is 3.66. The number of amides is 1. The summed E-state index contributed by atoms with van der Waals surface area (Å²) in [4.78, 5) is 12.9. The lowest BCUT2D eigenvalue weighted by atomic mass is 9.95. The molecule has 1 N–H and O–H groups in total. The van der Waals surface area contributed by atoms with Gasteiger partial charge in [-0.25, -0.2) is 0 Å². The van der Waals surface area contributed by atoms with Crippen LogP contribution in [0.1, 0.15) is 24.0 Å². The van der Waals surface area contributed by atoms with Crippen LogP contribution >= 0.6 is 11.6 Å². The highest BCUT2D eigenvalue weighted by molar-refractivity contribution is 6.30. The minimum atomic E-state index is -0.488. The highest BCUT2D eigenvalue weighted by Crippen LogP contribution is 2.49. The van der Waals surface area contributed by atoms with Crippen LogP contribution in [0.4, 0.5) is 0 Å². The molecule has 0 atom stereocenters. The number of methoxy groups -OCH3 is 3. The molecule has 1 aliphatic carbocycles. The van der Waals surface area contributed by atoms with E-state index >= 15 is 0 Å². The predicted octanol–water partition coefficient (Wildman–Crippen LogP) is 3.71. The molecule has 3 rings (SSSR count). The number of halogens is 1. The minimum Gasteiger partial charge on any atom is -0.496 e. The third kappa shape index (κ3) is 3.44. The van der Waals surface area contributed by atoms with Gasteiger partial charge >= 0.3 is 0 Å². The number of nitrogens with one attached hydrogen (secondary N) is 1. The molecule has 0 radical (unpaired) electrons. The molecule has 138 valence electrons. The minimum absolute atomic E-state index is 0.0142. The summed E-state index contributed by atoms with van der Waals surface area (Å²) in [6.45, 7) is 0.303. The number of hydrogen-bond donors (Lipinski definition) is 1. The number of carbonyl (C=O) groups excluding carboxylic acids is 1. The van der Waals surface area contributed by atoms with Crippen molar-refractivity contribution < 1.29 is 19.0 Å². The Labute approximate surface area is 158 Å². The maximum absolute atomic E-state index is 12.9. The van der Waals surface area contributed by atoms with Crippen molar-refractivity contribution in [3.05, 3.63) is 52.5 Å². The fourth-order valence-electron chi connectivity index (χ4n) is 3.15. The summed E-state index contributed by atoms with van der Waals surface area (Å²) in [6.07, 6.45) is 1.63. The number of benzene rings is 2. The third-order valence-corrected chi connectivity index (χ3v) is 5.04. The van der Waals surface area contributed by atoms with Gasteiger partial charge in [-0.05, 0) is 30.5 Å². The standard InChI is InChI=1S/C20H22ClNO4/c1-24-15-10-17(25-2)16(18(11-15)26-3)12-22-19(23)20(7-8-20)13-5-4-6-14(21)9-13/h4-6,9-11H,7-8,12H2,1-3H3,(H,22,23). The first-order valence-corrected chi connectivity index (χ1v) is 8.75. The van der Waals surface area contributed by atoms with Gasteiger partial charge in [-0.2, -0.15) is 0 Å². The molecule has 0 aliphatic heterocycles. The van der Waals surface area contributed by atoms with Crippen molar-refractivity contribution >= 4 is 17.5 Å². The van der Waals surface area contributed by atoms with Crippen LogP contribution in [-0.2, 0) is 16.8 Å². The van der Waals surface area contributed by atoms with Crippen molar-refractivity contribution in [3.8, 4) is 17.2 Å². The summed E-state index contributed by atoms with van der Waals surface area (Å²) in [7, 11) is 4.74. The number of hydrogen-bond acceptors (Lipinski definition) is 4. The van der Waals surface area contributed by atoms with Gasteiger partial charge in [-0.1, -0.05) is 23.7 Å². The van der Waals surface area contributed by atoms with Gasteiger partial charge in [0.1, 0.15) is 17.2 Å². The van der Waals surface area contributed by atoms with Crippen molar-refractivity contribution in [2.45, 2.75) is 24.8 Å². The molecule has 1 saturated carbocycles. The molecule has 1 fully saturated rings. The van der Waals surface area contributed by atoms with E-state index in [9.17, 15) is 4.79 Å². The number of carbonyl (C=O) groups is 1. The van der Waals surface area contributed by atoms with Crippen molar-refractivity contribution in [1.82, 2.24) is 5.32 Å². The van der Waals surface area contributed by atoms with Crippen LogP contribution in [0.5, 0.6) is 17.2 Å². The maximum atomic E-state index is 12.9. The van der Waals surface area contributed by atoms with Crippen LogP contribution in [0.25, 0.3) is 0 Å². The second-order valence-electron chi connectivity index (χ2n) is 6.29. The molecule has 0 saturated heterocycles. The molecule has 0 heterocycles. The average Bonchev–Trinajstić information content (AvgIpc) is 3.47. The SMILES string of the molecule is COc1cc(OC)c(CNC(=O)C2(c3cccc(Cl)c3)CC2)c(OC)c1. The highest BCUT2D eigenvalue weighted by atomic mass is 35.5. The normalized spacial score (nSPS) is 14.5. The summed E-state index contributed by atoms with van der Waals surface area (Å²) in [6, 6.07) is 11.0. The van der Waals surface area contributed by atoms with Crippen molar-refractivity contribution in [3.63, 3.8) is 0 Å². The van der Waals surface area contributed by atoms with Crippen LogP contribution in [0.2, 0.25) is 5.02 Å². The van der Waals surface area contributed by atoms with Gasteiger partial charge in [-0.3, -0.25) is 4.79 Å². The zero-order valence-electron chi connectivity index (χ0n) is 15.1. The lowest BCUT2D eigenvalue weighted by molar-refractivity contribution is -0.123. The Morgan fingerprint density at radius 2 is 1.73 bits per heavy atom. The van der Waals surface area contributed by atoms with E-state index in [2.05, 4.69) is 5.32 Å². The van der Waals surface area contributed by atoms with Crippen LogP contribution in [0.15, 0.2) is 36.4 Å². The Morgan fingerprint density at radius 1 is 1.08 bits per heavy atom. The maximum Gasteiger partial charge on any atom is 0.230 e. The molecule has 0 unspecified atom stereocenters. The Bertz CT molecular complexity index is 792. The fourth-order valence-corrected chi connectivity index (χ4v) is 3.34. The molecule has 2 aromatic rings. The molecular formula is C20H22ClNO4. The van der Waals surface area contributed by atoms with Gasteiger partial charge in [0, 0.05) is 17.2 Å². The first kappa shape index (κ1) is 18.4. The largest absolute Gasteiger partial charge is 0.496 e.